The summed E-state index contributed by atoms with van der Waals surface area (Å²) in [6, 6.07) is 13.2. The van der Waals surface area contributed by atoms with E-state index in [4.69, 9.17) is 25.8 Å². The number of hydrogen-bond donors (Lipinski definition) is 1. The van der Waals surface area contributed by atoms with E-state index in [9.17, 15) is 9.90 Å². The maximum absolute atomic E-state index is 15.5. The first kappa shape index (κ1) is 28.5. The van der Waals surface area contributed by atoms with E-state index in [1.165, 1.54) is 25.4 Å². The van der Waals surface area contributed by atoms with E-state index in [0.29, 0.717) is 41.3 Å². The van der Waals surface area contributed by atoms with Crippen LogP contribution in [-0.2, 0) is 24.3 Å². The molecule has 1 atom stereocenters. The van der Waals surface area contributed by atoms with E-state index in [-0.39, 0.29) is 52.5 Å². The summed E-state index contributed by atoms with van der Waals surface area (Å²) >= 11 is 5.92. The van der Waals surface area contributed by atoms with Crippen molar-refractivity contribution in [3.8, 4) is 22.9 Å². The summed E-state index contributed by atoms with van der Waals surface area (Å²) in [5, 5.41) is 9.74. The van der Waals surface area contributed by atoms with Crippen LogP contribution in [0.2, 0.25) is 5.15 Å². The van der Waals surface area contributed by atoms with Crippen molar-refractivity contribution in [2.45, 2.75) is 32.1 Å². The Morgan fingerprint density at radius 1 is 1.12 bits per heavy atom. The number of nitrogens with zero attached hydrogens (tertiary/aromatic N) is 4. The second kappa shape index (κ2) is 11.9. The molecule has 6 rings (SSSR count). The summed E-state index contributed by atoms with van der Waals surface area (Å²) in [6.45, 7) is 1.13. The second-order valence-electron chi connectivity index (χ2n) is 10.00. The summed E-state index contributed by atoms with van der Waals surface area (Å²) < 4.78 is 49.4. The van der Waals surface area contributed by atoms with Crippen molar-refractivity contribution in [3.63, 3.8) is 0 Å². The molecule has 1 N–H and O–H groups in total. The molecule has 0 aliphatic carbocycles. The summed E-state index contributed by atoms with van der Waals surface area (Å²) in [6.07, 6.45) is 2.29. The van der Waals surface area contributed by atoms with Gasteiger partial charge in [0.25, 0.3) is 0 Å². The Kier molecular flexibility index (Phi) is 7.92. The van der Waals surface area contributed by atoms with Crippen molar-refractivity contribution in [3.05, 3.63) is 100 Å². The molecule has 1 unspecified atom stereocenters. The van der Waals surface area contributed by atoms with Gasteiger partial charge in [0.2, 0.25) is 5.88 Å². The highest BCUT2D eigenvalue weighted by atomic mass is 35.5. The molecule has 0 bridgehead atoms. The molecule has 0 spiro atoms. The fourth-order valence-electron chi connectivity index (χ4n) is 4.90. The van der Waals surface area contributed by atoms with E-state index in [1.807, 2.05) is 4.57 Å². The first-order chi connectivity index (χ1) is 20.8. The first-order valence-electron chi connectivity index (χ1n) is 13.4. The Morgan fingerprint density at radius 3 is 2.70 bits per heavy atom. The van der Waals surface area contributed by atoms with Crippen LogP contribution in [0.5, 0.6) is 11.6 Å². The molecule has 2 aromatic carbocycles. The molecule has 1 aliphatic rings. The molecule has 0 amide bonds. The van der Waals surface area contributed by atoms with Crippen LogP contribution < -0.4 is 9.47 Å². The van der Waals surface area contributed by atoms with Crippen LogP contribution in [0.3, 0.4) is 0 Å². The summed E-state index contributed by atoms with van der Waals surface area (Å²) in [7, 11) is 1.50. The Hall–Kier alpha value is -4.61. The zero-order valence-electron chi connectivity index (χ0n) is 22.9. The van der Waals surface area contributed by atoms with Gasteiger partial charge >= 0.3 is 5.97 Å². The van der Waals surface area contributed by atoms with Gasteiger partial charge in [-0.05, 0) is 48.4 Å². The van der Waals surface area contributed by atoms with Gasteiger partial charge in [-0.2, -0.15) is 0 Å². The molecule has 1 saturated heterocycles. The SMILES string of the molecule is COc1cc(Cl)ncc1COc1cccc(-c2cc(F)c(Cc3nc4ccc(C(=O)O)cc4n3CC3CCO3)cc2F)n1. The molecule has 9 nitrogen and oxygen atoms in total. The quantitative estimate of drug-likeness (QED) is 0.190. The van der Waals surface area contributed by atoms with Crippen LogP contribution in [0.15, 0.2) is 60.8 Å². The molecule has 220 valence electrons. The third kappa shape index (κ3) is 5.99. The molecule has 1 aliphatic heterocycles. The number of carbonyl (C=O) groups is 1. The van der Waals surface area contributed by atoms with E-state index >= 15 is 8.78 Å². The van der Waals surface area contributed by atoms with Gasteiger partial charge in [0, 0.05) is 42.5 Å². The third-order valence-electron chi connectivity index (χ3n) is 7.24. The van der Waals surface area contributed by atoms with Crippen LogP contribution in [0.25, 0.3) is 22.3 Å². The monoisotopic (exact) mass is 606 g/mol. The molecule has 4 heterocycles. The topological polar surface area (TPSA) is 109 Å². The largest absolute Gasteiger partial charge is 0.496 e. The number of carboxylic acids is 1. The fourth-order valence-corrected chi connectivity index (χ4v) is 5.05. The van der Waals surface area contributed by atoms with Gasteiger partial charge in [0.15, 0.2) is 0 Å². The van der Waals surface area contributed by atoms with Gasteiger partial charge < -0.3 is 23.9 Å². The Morgan fingerprint density at radius 2 is 1.95 bits per heavy atom. The third-order valence-corrected chi connectivity index (χ3v) is 7.45. The molecular weight excluding hydrogens is 582 g/mol. The highest BCUT2D eigenvalue weighted by molar-refractivity contribution is 6.29. The van der Waals surface area contributed by atoms with Crippen LogP contribution >= 0.6 is 11.6 Å². The highest BCUT2D eigenvalue weighted by Crippen LogP contribution is 2.29. The Bertz CT molecular complexity index is 1840. The number of ether oxygens (including phenoxy) is 3. The zero-order chi connectivity index (χ0) is 30.1. The number of pyridine rings is 2. The molecule has 1 fully saturated rings. The maximum atomic E-state index is 15.5. The number of aromatic carboxylic acids is 1. The molecule has 0 radical (unpaired) electrons. The number of benzene rings is 2. The minimum absolute atomic E-state index is 0.0135. The van der Waals surface area contributed by atoms with Crippen molar-refractivity contribution in [2.75, 3.05) is 13.7 Å². The molecule has 3 aromatic heterocycles. The number of fused-ring (bicyclic) bond motifs is 1. The Balaban J connectivity index is 1.26. The lowest BCUT2D eigenvalue weighted by atomic mass is 10.0. The molecule has 12 heteroatoms. The van der Waals surface area contributed by atoms with Crippen molar-refractivity contribution in [1.82, 2.24) is 19.5 Å². The van der Waals surface area contributed by atoms with E-state index in [0.717, 1.165) is 18.6 Å². The second-order valence-corrected chi connectivity index (χ2v) is 10.4. The summed E-state index contributed by atoms with van der Waals surface area (Å²) in [4.78, 5) is 24.6. The number of hydrogen-bond acceptors (Lipinski definition) is 7. The van der Waals surface area contributed by atoms with Crippen LogP contribution in [0.4, 0.5) is 8.78 Å². The Labute approximate surface area is 249 Å². The molecule has 0 saturated carbocycles. The molecule has 5 aromatic rings. The minimum atomic E-state index is -1.07. The average Bonchev–Trinajstić information content (AvgIpc) is 3.31. The van der Waals surface area contributed by atoms with Gasteiger partial charge in [-0.3, -0.25) is 0 Å². The summed E-state index contributed by atoms with van der Waals surface area (Å²) in [5.41, 5.74) is 2.16. The predicted octanol–water partition coefficient (Wildman–Crippen LogP) is 6.09. The van der Waals surface area contributed by atoms with Gasteiger partial charge in [-0.25, -0.2) is 28.5 Å². The number of methoxy groups -OCH3 is 1. The molecule has 43 heavy (non-hydrogen) atoms. The number of aromatic nitrogens is 4. The van der Waals surface area contributed by atoms with Gasteiger partial charge in [0.1, 0.15) is 35.0 Å². The van der Waals surface area contributed by atoms with Crippen molar-refractivity contribution in [1.29, 1.82) is 0 Å². The fraction of sp³-hybridized carbons (Fsp3) is 0.226. The minimum Gasteiger partial charge on any atom is -0.496 e. The van der Waals surface area contributed by atoms with Crippen LogP contribution in [0, 0.1) is 11.6 Å². The van der Waals surface area contributed by atoms with E-state index < -0.39 is 17.6 Å². The normalized spacial score (nSPS) is 14.5. The number of imidazole rings is 1. The average molecular weight is 607 g/mol. The predicted molar refractivity (Wildman–Crippen MR) is 154 cm³/mol. The van der Waals surface area contributed by atoms with Crippen molar-refractivity contribution < 1.29 is 32.9 Å². The lowest BCUT2D eigenvalue weighted by Crippen LogP contribution is -2.31. The number of halogens is 3. The van der Waals surface area contributed by atoms with Crippen molar-refractivity contribution in [2.24, 2.45) is 0 Å². The lowest BCUT2D eigenvalue weighted by Gasteiger charge is -2.27. The molecular formula is C31H25ClF2N4O5. The summed E-state index contributed by atoms with van der Waals surface area (Å²) in [5.74, 6) is -1.19. The van der Waals surface area contributed by atoms with Crippen LogP contribution in [-0.4, -0.2) is 50.4 Å². The zero-order valence-corrected chi connectivity index (χ0v) is 23.6. The lowest BCUT2D eigenvalue weighted by molar-refractivity contribution is -0.0589. The number of rotatable bonds is 10. The standard InChI is InChI=1S/C31H25ClF2N4O5/c1-41-27-13-28(32)35-14-19(27)16-43-30-4-2-3-24(37-30)21-12-22(33)18(9-23(21)34)11-29-36-25-6-5-17(31(39)40)10-26(25)38(29)15-20-7-8-42-20/h2-6,9-10,12-14,20H,7-8,11,15-16H2,1H3,(H,39,40). The van der Waals surface area contributed by atoms with Gasteiger partial charge in [-0.1, -0.05) is 17.7 Å². The van der Waals surface area contributed by atoms with Gasteiger partial charge in [-0.15, -0.1) is 0 Å². The number of carboxylic acid groups (broad SMARTS) is 1. The van der Waals surface area contributed by atoms with Crippen molar-refractivity contribution >= 4 is 28.6 Å². The van der Waals surface area contributed by atoms with Gasteiger partial charge in [0.05, 0.1) is 42.0 Å². The van der Waals surface area contributed by atoms with E-state index in [1.54, 1.807) is 30.3 Å². The highest BCUT2D eigenvalue weighted by Gasteiger charge is 2.24. The first-order valence-corrected chi connectivity index (χ1v) is 13.8. The van der Waals surface area contributed by atoms with E-state index in [2.05, 4.69) is 15.0 Å². The van der Waals surface area contributed by atoms with Crippen LogP contribution in [0.1, 0.15) is 33.7 Å². The smallest absolute Gasteiger partial charge is 0.335 e. The maximum Gasteiger partial charge on any atom is 0.335 e.